The second-order valence-electron chi connectivity index (χ2n) is 5.46. The standard InChI is InChI=1S/C19H15ClN4O5/c1-2-29-19(26)14-5-3-4-6-16(14)22-11-12(10-21)18(25)23-13-7-8-15(20)17(9-13)24(27)28/h3-9,11,22H,2H2,1H3,(H,23,25)/b12-11-. The number of nitrogens with one attached hydrogen (secondary N) is 2. The van der Waals surface area contributed by atoms with Crippen molar-refractivity contribution >= 4 is 40.5 Å². The van der Waals surface area contributed by atoms with Crippen LogP contribution >= 0.6 is 11.6 Å². The van der Waals surface area contributed by atoms with Gasteiger partial charge in [-0.15, -0.1) is 0 Å². The van der Waals surface area contributed by atoms with Gasteiger partial charge in [-0.05, 0) is 31.2 Å². The number of ether oxygens (including phenoxy) is 1. The first-order valence-corrected chi connectivity index (χ1v) is 8.63. The van der Waals surface area contributed by atoms with Crippen LogP contribution in [-0.2, 0) is 9.53 Å². The zero-order valence-electron chi connectivity index (χ0n) is 15.1. The number of nitriles is 1. The molecule has 0 aliphatic heterocycles. The number of esters is 1. The molecule has 9 nitrogen and oxygen atoms in total. The van der Waals surface area contributed by atoms with Gasteiger partial charge in [0.15, 0.2) is 0 Å². The van der Waals surface area contributed by atoms with Crippen molar-refractivity contribution in [2.45, 2.75) is 6.92 Å². The van der Waals surface area contributed by atoms with E-state index in [9.17, 15) is 25.0 Å². The molecule has 0 aliphatic carbocycles. The van der Waals surface area contributed by atoms with Crippen LogP contribution in [0.1, 0.15) is 17.3 Å². The van der Waals surface area contributed by atoms with Gasteiger partial charge in [-0.3, -0.25) is 14.9 Å². The molecule has 29 heavy (non-hydrogen) atoms. The number of benzene rings is 2. The average molecular weight is 415 g/mol. The summed E-state index contributed by atoms with van der Waals surface area (Å²) in [5, 5.41) is 25.2. The number of anilines is 2. The van der Waals surface area contributed by atoms with Crippen LogP contribution in [0.4, 0.5) is 17.1 Å². The number of nitro groups is 1. The maximum absolute atomic E-state index is 12.3. The predicted octanol–water partition coefficient (Wildman–Crippen LogP) is 3.88. The van der Waals surface area contributed by atoms with Gasteiger partial charge in [-0.25, -0.2) is 4.79 Å². The Balaban J connectivity index is 2.20. The van der Waals surface area contributed by atoms with Gasteiger partial charge in [0.25, 0.3) is 11.6 Å². The summed E-state index contributed by atoms with van der Waals surface area (Å²) in [6.45, 7) is 1.87. The molecule has 0 unspecified atom stereocenters. The normalized spacial score (nSPS) is 10.6. The topological polar surface area (TPSA) is 134 Å². The maximum atomic E-state index is 12.3. The molecule has 0 fully saturated rings. The lowest BCUT2D eigenvalue weighted by atomic mass is 10.1. The molecule has 148 valence electrons. The molecule has 10 heteroatoms. The fourth-order valence-electron chi connectivity index (χ4n) is 2.22. The molecule has 1 amide bonds. The van der Waals surface area contributed by atoms with Gasteiger partial charge in [0.1, 0.15) is 16.7 Å². The highest BCUT2D eigenvalue weighted by atomic mass is 35.5. The summed E-state index contributed by atoms with van der Waals surface area (Å²) in [7, 11) is 0. The fraction of sp³-hybridized carbons (Fsp3) is 0.105. The molecule has 0 saturated carbocycles. The third-order valence-corrected chi connectivity index (χ3v) is 3.88. The molecule has 0 radical (unpaired) electrons. The number of carbonyl (C=O) groups is 2. The Labute approximate surface area is 170 Å². The molecule has 0 saturated heterocycles. The fourth-order valence-corrected chi connectivity index (χ4v) is 2.41. The molecule has 2 aromatic rings. The van der Waals surface area contributed by atoms with Gasteiger partial charge in [0.2, 0.25) is 0 Å². The Bertz CT molecular complexity index is 1030. The van der Waals surface area contributed by atoms with E-state index in [1.165, 1.54) is 18.2 Å². The predicted molar refractivity (Wildman–Crippen MR) is 106 cm³/mol. The lowest BCUT2D eigenvalue weighted by Gasteiger charge is -2.09. The van der Waals surface area contributed by atoms with E-state index in [0.717, 1.165) is 12.3 Å². The van der Waals surface area contributed by atoms with Crippen molar-refractivity contribution in [2.75, 3.05) is 17.2 Å². The number of nitrogens with zero attached hydrogens (tertiary/aromatic N) is 2. The number of hydrogen-bond donors (Lipinski definition) is 2. The number of hydrogen-bond acceptors (Lipinski definition) is 7. The minimum atomic E-state index is -0.801. The van der Waals surface area contributed by atoms with E-state index in [2.05, 4.69) is 10.6 Å². The smallest absolute Gasteiger partial charge is 0.340 e. The number of amides is 1. The van der Waals surface area contributed by atoms with E-state index in [-0.39, 0.29) is 34.1 Å². The van der Waals surface area contributed by atoms with Crippen LogP contribution in [0.3, 0.4) is 0 Å². The molecule has 0 aliphatic rings. The highest BCUT2D eigenvalue weighted by molar-refractivity contribution is 6.32. The van der Waals surface area contributed by atoms with Crippen LogP contribution in [0.5, 0.6) is 0 Å². The van der Waals surface area contributed by atoms with Crippen molar-refractivity contribution < 1.29 is 19.2 Å². The van der Waals surface area contributed by atoms with E-state index in [1.807, 2.05) is 0 Å². The Kier molecular flexibility index (Phi) is 7.28. The van der Waals surface area contributed by atoms with Crippen molar-refractivity contribution in [1.29, 1.82) is 5.26 Å². The SMILES string of the molecule is CCOC(=O)c1ccccc1N/C=C(/C#N)C(=O)Nc1ccc(Cl)c([N+](=O)[O-])c1. The molecule has 0 bridgehead atoms. The Morgan fingerprint density at radius 1 is 1.31 bits per heavy atom. The molecular formula is C19H15ClN4O5. The summed E-state index contributed by atoms with van der Waals surface area (Å²) in [5.74, 6) is -1.36. The molecule has 0 spiro atoms. The minimum absolute atomic E-state index is 0.0821. The van der Waals surface area contributed by atoms with Crippen molar-refractivity contribution in [3.05, 3.63) is 74.9 Å². The highest BCUT2D eigenvalue weighted by Gasteiger charge is 2.16. The summed E-state index contributed by atoms with van der Waals surface area (Å²) in [6, 6.07) is 11.9. The van der Waals surface area contributed by atoms with Crippen LogP contribution in [-0.4, -0.2) is 23.4 Å². The van der Waals surface area contributed by atoms with Crippen molar-refractivity contribution in [2.24, 2.45) is 0 Å². The van der Waals surface area contributed by atoms with Gasteiger partial charge in [-0.2, -0.15) is 5.26 Å². The third-order valence-electron chi connectivity index (χ3n) is 3.56. The summed E-state index contributed by atoms with van der Waals surface area (Å²) in [4.78, 5) is 34.5. The summed E-state index contributed by atoms with van der Waals surface area (Å²) < 4.78 is 4.96. The molecular weight excluding hydrogens is 400 g/mol. The maximum Gasteiger partial charge on any atom is 0.340 e. The zero-order valence-corrected chi connectivity index (χ0v) is 15.9. The molecule has 2 aromatic carbocycles. The summed E-state index contributed by atoms with van der Waals surface area (Å²) in [5.41, 5.74) is -0.0286. The monoisotopic (exact) mass is 414 g/mol. The minimum Gasteiger partial charge on any atom is -0.462 e. The first-order valence-electron chi connectivity index (χ1n) is 8.25. The highest BCUT2D eigenvalue weighted by Crippen LogP contribution is 2.27. The van der Waals surface area contributed by atoms with Crippen molar-refractivity contribution in [1.82, 2.24) is 0 Å². The molecule has 2 rings (SSSR count). The van der Waals surface area contributed by atoms with Gasteiger partial charge in [0.05, 0.1) is 22.8 Å². The number of carbonyl (C=O) groups excluding carboxylic acids is 2. The number of halogens is 1. The van der Waals surface area contributed by atoms with Crippen LogP contribution in [0.15, 0.2) is 54.2 Å². The van der Waals surface area contributed by atoms with Crippen LogP contribution in [0.2, 0.25) is 5.02 Å². The quantitative estimate of drug-likeness (QED) is 0.231. The summed E-state index contributed by atoms with van der Waals surface area (Å²) >= 11 is 5.73. The van der Waals surface area contributed by atoms with Gasteiger partial charge < -0.3 is 15.4 Å². The van der Waals surface area contributed by atoms with E-state index in [0.29, 0.717) is 5.69 Å². The third kappa shape index (κ3) is 5.54. The van der Waals surface area contributed by atoms with E-state index < -0.39 is 16.8 Å². The number of nitro benzene ring substituents is 1. The lowest BCUT2D eigenvalue weighted by Crippen LogP contribution is -2.15. The largest absolute Gasteiger partial charge is 0.462 e. The van der Waals surface area contributed by atoms with Crippen LogP contribution in [0, 0.1) is 21.4 Å². The zero-order chi connectivity index (χ0) is 21.4. The molecule has 2 N–H and O–H groups in total. The first kappa shape index (κ1) is 21.4. The van der Waals surface area contributed by atoms with Gasteiger partial charge >= 0.3 is 5.97 Å². The van der Waals surface area contributed by atoms with Crippen LogP contribution in [0.25, 0.3) is 0 Å². The molecule has 0 heterocycles. The second kappa shape index (κ2) is 9.87. The van der Waals surface area contributed by atoms with Crippen molar-refractivity contribution in [3.63, 3.8) is 0 Å². The molecule has 0 atom stereocenters. The lowest BCUT2D eigenvalue weighted by molar-refractivity contribution is -0.384. The van der Waals surface area contributed by atoms with Gasteiger partial charge in [0, 0.05) is 18.0 Å². The Hall–Kier alpha value is -3.90. The Morgan fingerprint density at radius 2 is 2.03 bits per heavy atom. The molecule has 0 aromatic heterocycles. The number of rotatable bonds is 7. The van der Waals surface area contributed by atoms with E-state index in [1.54, 1.807) is 31.2 Å². The van der Waals surface area contributed by atoms with Gasteiger partial charge in [-0.1, -0.05) is 23.7 Å². The number of para-hydroxylation sites is 1. The first-order chi connectivity index (χ1) is 13.9. The van der Waals surface area contributed by atoms with E-state index >= 15 is 0 Å². The van der Waals surface area contributed by atoms with E-state index in [4.69, 9.17) is 16.3 Å². The average Bonchev–Trinajstić information content (AvgIpc) is 2.70. The Morgan fingerprint density at radius 3 is 2.69 bits per heavy atom. The summed E-state index contributed by atoms with van der Waals surface area (Å²) in [6.07, 6.45) is 1.12. The van der Waals surface area contributed by atoms with Crippen LogP contribution < -0.4 is 10.6 Å². The second-order valence-corrected chi connectivity index (χ2v) is 5.86. The van der Waals surface area contributed by atoms with Crippen molar-refractivity contribution in [3.8, 4) is 6.07 Å².